The Hall–Kier alpha value is -1.68. The number of fused-ring (bicyclic) bond motifs is 1. The Kier molecular flexibility index (Phi) is 2.99. The number of pyridine rings is 2. The van der Waals surface area contributed by atoms with Gasteiger partial charge in [0.2, 0.25) is 0 Å². The van der Waals surface area contributed by atoms with Crippen LogP contribution in [0.3, 0.4) is 0 Å². The third-order valence-electron chi connectivity index (χ3n) is 1.77. The van der Waals surface area contributed by atoms with Gasteiger partial charge >= 0.3 is 0 Å². The molecule has 0 amide bonds. The minimum atomic E-state index is -0.0151. The van der Waals surface area contributed by atoms with Crippen molar-refractivity contribution in [3.63, 3.8) is 0 Å². The van der Waals surface area contributed by atoms with Crippen LogP contribution in [0.4, 0.5) is 0 Å². The molecular formula is C9H9ClN4. The molecule has 0 aliphatic rings. The largest absolute Gasteiger partial charge is 0.382 e. The molecule has 0 unspecified atom stereocenters. The van der Waals surface area contributed by atoms with Crippen molar-refractivity contribution in [2.75, 3.05) is 0 Å². The Morgan fingerprint density at radius 1 is 1.29 bits per heavy atom. The second-order valence-electron chi connectivity index (χ2n) is 2.68. The Labute approximate surface area is 87.1 Å². The maximum atomic E-state index is 7.21. The molecule has 72 valence electrons. The van der Waals surface area contributed by atoms with Gasteiger partial charge in [-0.1, -0.05) is 0 Å². The molecule has 0 spiro atoms. The molecule has 3 N–H and O–H groups in total. The first kappa shape index (κ1) is 10.4. The minimum absolute atomic E-state index is 0. The van der Waals surface area contributed by atoms with E-state index in [0.717, 1.165) is 10.9 Å². The van der Waals surface area contributed by atoms with Gasteiger partial charge in [0, 0.05) is 17.8 Å². The van der Waals surface area contributed by atoms with Crippen molar-refractivity contribution in [3.8, 4) is 0 Å². The van der Waals surface area contributed by atoms with E-state index in [9.17, 15) is 0 Å². The van der Waals surface area contributed by atoms with Gasteiger partial charge in [0.1, 0.15) is 11.5 Å². The van der Waals surface area contributed by atoms with Crippen molar-refractivity contribution in [1.82, 2.24) is 9.97 Å². The van der Waals surface area contributed by atoms with Crippen LogP contribution >= 0.6 is 12.4 Å². The number of amidine groups is 1. The molecule has 5 heteroatoms. The maximum absolute atomic E-state index is 7.21. The molecule has 0 aliphatic heterocycles. The molecule has 0 aliphatic carbocycles. The van der Waals surface area contributed by atoms with E-state index in [1.54, 1.807) is 24.5 Å². The predicted molar refractivity (Wildman–Crippen MR) is 57.8 cm³/mol. The van der Waals surface area contributed by atoms with E-state index >= 15 is 0 Å². The lowest BCUT2D eigenvalue weighted by atomic mass is 10.2. The van der Waals surface area contributed by atoms with Gasteiger partial charge in [-0.25, -0.2) is 4.98 Å². The van der Waals surface area contributed by atoms with Crippen LogP contribution in [0.5, 0.6) is 0 Å². The smallest absolute Gasteiger partial charge is 0.141 e. The average Bonchev–Trinajstić information content (AvgIpc) is 2.17. The molecule has 2 aromatic heterocycles. The van der Waals surface area contributed by atoms with Crippen LogP contribution in [-0.2, 0) is 0 Å². The topological polar surface area (TPSA) is 75.7 Å². The van der Waals surface area contributed by atoms with Crippen LogP contribution < -0.4 is 5.73 Å². The summed E-state index contributed by atoms with van der Waals surface area (Å²) in [7, 11) is 0. The Morgan fingerprint density at radius 3 is 2.79 bits per heavy atom. The second-order valence-corrected chi connectivity index (χ2v) is 2.68. The van der Waals surface area contributed by atoms with E-state index in [1.165, 1.54) is 0 Å². The van der Waals surface area contributed by atoms with Gasteiger partial charge in [0.15, 0.2) is 0 Å². The van der Waals surface area contributed by atoms with Crippen LogP contribution in [-0.4, -0.2) is 15.8 Å². The molecule has 0 radical (unpaired) electrons. The zero-order valence-corrected chi connectivity index (χ0v) is 8.08. The van der Waals surface area contributed by atoms with Crippen LogP contribution in [0.1, 0.15) is 5.69 Å². The summed E-state index contributed by atoms with van der Waals surface area (Å²) in [5.41, 5.74) is 6.62. The van der Waals surface area contributed by atoms with Gasteiger partial charge in [0.05, 0.1) is 5.52 Å². The number of halogens is 1. The lowest BCUT2D eigenvalue weighted by molar-refractivity contribution is 1.28. The highest BCUT2D eigenvalue weighted by atomic mass is 35.5. The van der Waals surface area contributed by atoms with Crippen LogP contribution in [0, 0.1) is 5.41 Å². The predicted octanol–water partition coefficient (Wildman–Crippen LogP) is 1.34. The molecule has 0 saturated carbocycles. The summed E-state index contributed by atoms with van der Waals surface area (Å²) in [6, 6.07) is 5.36. The number of nitrogen functional groups attached to an aromatic ring is 1. The van der Waals surface area contributed by atoms with E-state index in [-0.39, 0.29) is 18.2 Å². The summed E-state index contributed by atoms with van der Waals surface area (Å²) in [6.07, 6.45) is 3.39. The maximum Gasteiger partial charge on any atom is 0.141 e. The average molecular weight is 209 g/mol. The first-order valence-corrected chi connectivity index (χ1v) is 3.82. The molecule has 14 heavy (non-hydrogen) atoms. The SMILES string of the molecule is Cl.N=C(N)c1ccc2cnccc2n1. The summed E-state index contributed by atoms with van der Waals surface area (Å²) < 4.78 is 0. The Morgan fingerprint density at radius 2 is 2.07 bits per heavy atom. The van der Waals surface area contributed by atoms with Crippen LogP contribution in [0.2, 0.25) is 0 Å². The molecule has 0 aromatic carbocycles. The van der Waals surface area contributed by atoms with Gasteiger partial charge in [-0.3, -0.25) is 10.4 Å². The zero-order chi connectivity index (χ0) is 9.26. The Bertz CT molecular complexity index is 469. The normalized spacial score (nSPS) is 9.43. The molecule has 0 saturated heterocycles. The van der Waals surface area contributed by atoms with Gasteiger partial charge in [0.25, 0.3) is 0 Å². The summed E-state index contributed by atoms with van der Waals surface area (Å²) in [5, 5.41) is 8.16. The monoisotopic (exact) mass is 208 g/mol. The standard InChI is InChI=1S/C9H8N4.ClH/c10-9(11)8-2-1-6-5-12-4-3-7(6)13-8;/h1-5H,(H3,10,11);1H. The van der Waals surface area contributed by atoms with Crippen molar-refractivity contribution < 1.29 is 0 Å². The van der Waals surface area contributed by atoms with E-state index in [1.807, 2.05) is 6.07 Å². The van der Waals surface area contributed by atoms with E-state index in [4.69, 9.17) is 11.1 Å². The number of hydrogen-bond acceptors (Lipinski definition) is 3. The molecular weight excluding hydrogens is 200 g/mol. The summed E-state index contributed by atoms with van der Waals surface area (Å²) in [6.45, 7) is 0. The van der Waals surface area contributed by atoms with Crippen molar-refractivity contribution in [2.45, 2.75) is 0 Å². The van der Waals surface area contributed by atoms with Gasteiger partial charge < -0.3 is 5.73 Å². The summed E-state index contributed by atoms with van der Waals surface area (Å²) >= 11 is 0. The first-order chi connectivity index (χ1) is 6.27. The molecule has 0 bridgehead atoms. The van der Waals surface area contributed by atoms with E-state index in [0.29, 0.717) is 5.69 Å². The fraction of sp³-hybridized carbons (Fsp3) is 0. The highest BCUT2D eigenvalue weighted by Crippen LogP contribution is 2.09. The molecule has 0 atom stereocenters. The minimum Gasteiger partial charge on any atom is -0.382 e. The fourth-order valence-corrected chi connectivity index (χ4v) is 1.12. The number of hydrogen-bond donors (Lipinski definition) is 2. The van der Waals surface area contributed by atoms with Gasteiger partial charge in [-0.2, -0.15) is 0 Å². The first-order valence-electron chi connectivity index (χ1n) is 3.82. The van der Waals surface area contributed by atoms with E-state index in [2.05, 4.69) is 9.97 Å². The molecule has 2 rings (SSSR count). The van der Waals surface area contributed by atoms with Crippen molar-refractivity contribution >= 4 is 29.1 Å². The zero-order valence-electron chi connectivity index (χ0n) is 7.27. The second kappa shape index (κ2) is 4.02. The highest BCUT2D eigenvalue weighted by molar-refractivity contribution is 5.95. The van der Waals surface area contributed by atoms with Crippen molar-refractivity contribution in [3.05, 3.63) is 36.3 Å². The van der Waals surface area contributed by atoms with Crippen molar-refractivity contribution in [1.29, 1.82) is 5.41 Å². The summed E-state index contributed by atoms with van der Waals surface area (Å²) in [4.78, 5) is 8.15. The molecule has 0 fully saturated rings. The number of rotatable bonds is 1. The fourth-order valence-electron chi connectivity index (χ4n) is 1.12. The summed E-state index contributed by atoms with van der Waals surface area (Å²) in [5.74, 6) is -0.0151. The number of nitrogens with one attached hydrogen (secondary N) is 1. The third kappa shape index (κ3) is 1.80. The Balaban J connectivity index is 0.000000980. The lowest BCUT2D eigenvalue weighted by Gasteiger charge is -1.99. The van der Waals surface area contributed by atoms with E-state index < -0.39 is 0 Å². The van der Waals surface area contributed by atoms with Crippen LogP contribution in [0.25, 0.3) is 10.9 Å². The van der Waals surface area contributed by atoms with Gasteiger partial charge in [-0.15, -0.1) is 12.4 Å². The number of nitrogens with zero attached hydrogens (tertiary/aromatic N) is 2. The van der Waals surface area contributed by atoms with Gasteiger partial charge in [-0.05, 0) is 18.2 Å². The van der Waals surface area contributed by atoms with Crippen molar-refractivity contribution in [2.24, 2.45) is 5.73 Å². The molecule has 4 nitrogen and oxygen atoms in total. The highest BCUT2D eigenvalue weighted by Gasteiger charge is 1.99. The number of aromatic nitrogens is 2. The van der Waals surface area contributed by atoms with Crippen LogP contribution in [0.15, 0.2) is 30.6 Å². The third-order valence-corrected chi connectivity index (χ3v) is 1.77. The lowest BCUT2D eigenvalue weighted by Crippen LogP contribution is -2.12. The number of nitrogens with two attached hydrogens (primary N) is 1. The quantitative estimate of drug-likeness (QED) is 0.549. The molecule has 2 aromatic rings. The molecule has 2 heterocycles.